The number of rotatable bonds is 3. The number of hydrogen-bond acceptors (Lipinski definition) is 4. The SMILES string of the molecule is Cn1cc(S(=O)(=O)Nc2ccc(Cl)c(Cl)c2)c(N)n1. The number of nitrogens with two attached hydrogens (primary N) is 1. The average Bonchev–Trinajstić information content (AvgIpc) is 2.63. The average molecular weight is 321 g/mol. The third-order valence-electron chi connectivity index (χ3n) is 2.28. The lowest BCUT2D eigenvalue weighted by Crippen LogP contribution is -2.13. The van der Waals surface area contributed by atoms with Crippen LogP contribution in [0.15, 0.2) is 29.3 Å². The van der Waals surface area contributed by atoms with Crippen LogP contribution in [-0.4, -0.2) is 18.2 Å². The lowest BCUT2D eigenvalue weighted by atomic mass is 10.3. The van der Waals surface area contributed by atoms with E-state index in [2.05, 4.69) is 9.82 Å². The van der Waals surface area contributed by atoms with E-state index in [1.54, 1.807) is 7.05 Å². The molecule has 0 spiro atoms. The van der Waals surface area contributed by atoms with Crippen LogP contribution in [0.25, 0.3) is 0 Å². The quantitative estimate of drug-likeness (QED) is 0.906. The molecule has 0 saturated carbocycles. The number of anilines is 2. The van der Waals surface area contributed by atoms with Crippen molar-refractivity contribution < 1.29 is 8.42 Å². The minimum atomic E-state index is -3.81. The van der Waals surface area contributed by atoms with Gasteiger partial charge in [-0.05, 0) is 18.2 Å². The number of benzene rings is 1. The van der Waals surface area contributed by atoms with Crippen molar-refractivity contribution in [3.8, 4) is 0 Å². The molecule has 0 amide bonds. The minimum Gasteiger partial charge on any atom is -0.381 e. The van der Waals surface area contributed by atoms with Crippen molar-refractivity contribution in [1.82, 2.24) is 9.78 Å². The van der Waals surface area contributed by atoms with E-state index < -0.39 is 10.0 Å². The number of nitrogens with zero attached hydrogens (tertiary/aromatic N) is 2. The maximum atomic E-state index is 12.1. The Balaban J connectivity index is 2.36. The van der Waals surface area contributed by atoms with Crippen molar-refractivity contribution in [2.45, 2.75) is 4.90 Å². The largest absolute Gasteiger partial charge is 0.381 e. The molecule has 0 atom stereocenters. The number of aryl methyl sites for hydroxylation is 1. The fraction of sp³-hybridized carbons (Fsp3) is 0.100. The molecule has 102 valence electrons. The Morgan fingerprint density at radius 1 is 1.32 bits per heavy atom. The van der Waals surface area contributed by atoms with Gasteiger partial charge >= 0.3 is 0 Å². The molecule has 0 bridgehead atoms. The highest BCUT2D eigenvalue weighted by atomic mass is 35.5. The molecule has 0 radical (unpaired) electrons. The zero-order chi connectivity index (χ0) is 14.2. The summed E-state index contributed by atoms with van der Waals surface area (Å²) in [7, 11) is -2.23. The number of aromatic nitrogens is 2. The summed E-state index contributed by atoms with van der Waals surface area (Å²) in [6.07, 6.45) is 1.31. The molecular formula is C10H10Cl2N4O2S. The van der Waals surface area contributed by atoms with Crippen LogP contribution in [-0.2, 0) is 17.1 Å². The second-order valence-electron chi connectivity index (χ2n) is 3.79. The molecule has 9 heteroatoms. The smallest absolute Gasteiger partial charge is 0.267 e. The molecule has 0 aliphatic carbocycles. The molecule has 6 nitrogen and oxygen atoms in total. The van der Waals surface area contributed by atoms with E-state index in [1.807, 2.05) is 0 Å². The fourth-order valence-electron chi connectivity index (χ4n) is 1.46. The van der Waals surface area contributed by atoms with Crippen molar-refractivity contribution in [3.63, 3.8) is 0 Å². The van der Waals surface area contributed by atoms with Gasteiger partial charge in [-0.1, -0.05) is 23.2 Å². The molecule has 0 aliphatic heterocycles. The van der Waals surface area contributed by atoms with E-state index in [0.29, 0.717) is 5.02 Å². The molecule has 3 N–H and O–H groups in total. The van der Waals surface area contributed by atoms with Gasteiger partial charge in [0.2, 0.25) is 0 Å². The second kappa shape index (κ2) is 4.92. The summed E-state index contributed by atoms with van der Waals surface area (Å²) in [6.45, 7) is 0. The first-order valence-electron chi connectivity index (χ1n) is 5.06. The van der Waals surface area contributed by atoms with E-state index in [-0.39, 0.29) is 21.4 Å². The molecule has 0 saturated heterocycles. The Hall–Kier alpha value is -1.44. The first-order valence-corrected chi connectivity index (χ1v) is 7.30. The van der Waals surface area contributed by atoms with Crippen LogP contribution in [0.1, 0.15) is 0 Å². The standard InChI is InChI=1S/C10H10Cl2N4O2S/c1-16-5-9(10(13)14-16)19(17,18)15-6-2-3-7(11)8(12)4-6/h2-5,15H,1H3,(H2,13,14). The van der Waals surface area contributed by atoms with Crippen LogP contribution in [0.4, 0.5) is 11.5 Å². The number of hydrogen-bond donors (Lipinski definition) is 2. The van der Waals surface area contributed by atoms with Gasteiger partial charge in [-0.3, -0.25) is 9.40 Å². The maximum Gasteiger partial charge on any atom is 0.267 e. The van der Waals surface area contributed by atoms with Crippen LogP contribution in [0, 0.1) is 0 Å². The predicted octanol–water partition coefficient (Wildman–Crippen LogP) is 2.11. The molecule has 1 aromatic heterocycles. The number of sulfonamides is 1. The lowest BCUT2D eigenvalue weighted by Gasteiger charge is -2.07. The highest BCUT2D eigenvalue weighted by Gasteiger charge is 2.20. The van der Waals surface area contributed by atoms with Gasteiger partial charge in [0.15, 0.2) is 5.82 Å². The fourth-order valence-corrected chi connectivity index (χ4v) is 2.91. The second-order valence-corrected chi connectivity index (χ2v) is 6.25. The molecule has 2 aromatic rings. The highest BCUT2D eigenvalue weighted by Crippen LogP contribution is 2.27. The summed E-state index contributed by atoms with van der Waals surface area (Å²) in [5, 5.41) is 4.37. The third kappa shape index (κ3) is 2.94. The summed E-state index contributed by atoms with van der Waals surface area (Å²) in [5.74, 6) is -0.0740. The van der Waals surface area contributed by atoms with Gasteiger partial charge in [0.05, 0.1) is 15.7 Å². The van der Waals surface area contributed by atoms with Crippen molar-refractivity contribution in [2.75, 3.05) is 10.5 Å². The van der Waals surface area contributed by atoms with Gasteiger partial charge in [0, 0.05) is 13.2 Å². The van der Waals surface area contributed by atoms with Crippen molar-refractivity contribution >= 4 is 44.7 Å². The van der Waals surface area contributed by atoms with E-state index in [0.717, 1.165) is 0 Å². The van der Waals surface area contributed by atoms with Gasteiger partial charge in [0.25, 0.3) is 10.0 Å². The van der Waals surface area contributed by atoms with Gasteiger partial charge < -0.3 is 5.73 Å². The number of nitrogens with one attached hydrogen (secondary N) is 1. The Labute approximate surface area is 120 Å². The summed E-state index contributed by atoms with van der Waals surface area (Å²) >= 11 is 11.6. The van der Waals surface area contributed by atoms with E-state index in [1.165, 1.54) is 29.1 Å². The van der Waals surface area contributed by atoms with Gasteiger partial charge in [-0.2, -0.15) is 5.10 Å². The Morgan fingerprint density at radius 2 is 2.00 bits per heavy atom. The van der Waals surface area contributed by atoms with Crippen LogP contribution in [0.2, 0.25) is 10.0 Å². The predicted molar refractivity (Wildman–Crippen MR) is 74.9 cm³/mol. The molecule has 0 unspecified atom stereocenters. The van der Waals surface area contributed by atoms with Crippen LogP contribution >= 0.6 is 23.2 Å². The Morgan fingerprint density at radius 3 is 2.53 bits per heavy atom. The zero-order valence-electron chi connectivity index (χ0n) is 9.76. The van der Waals surface area contributed by atoms with Gasteiger partial charge in [-0.15, -0.1) is 0 Å². The summed E-state index contributed by atoms with van der Waals surface area (Å²) in [4.78, 5) is -0.0962. The van der Waals surface area contributed by atoms with Gasteiger partial charge in [-0.25, -0.2) is 8.42 Å². The highest BCUT2D eigenvalue weighted by molar-refractivity contribution is 7.92. The van der Waals surface area contributed by atoms with E-state index >= 15 is 0 Å². The first-order chi connectivity index (χ1) is 8.79. The first kappa shape index (κ1) is 14.0. The molecule has 1 heterocycles. The normalized spacial score (nSPS) is 11.5. The van der Waals surface area contributed by atoms with Crippen molar-refractivity contribution in [2.24, 2.45) is 7.05 Å². The van der Waals surface area contributed by atoms with Crippen LogP contribution < -0.4 is 10.5 Å². The number of halogens is 2. The van der Waals surface area contributed by atoms with E-state index in [9.17, 15) is 8.42 Å². The molecule has 0 fully saturated rings. The molecule has 0 aliphatic rings. The topological polar surface area (TPSA) is 90.0 Å². The van der Waals surface area contributed by atoms with Gasteiger partial charge in [0.1, 0.15) is 4.90 Å². The monoisotopic (exact) mass is 320 g/mol. The van der Waals surface area contributed by atoms with Crippen molar-refractivity contribution in [3.05, 3.63) is 34.4 Å². The number of nitrogen functional groups attached to an aromatic ring is 1. The molecule has 2 rings (SSSR count). The maximum absolute atomic E-state index is 12.1. The molecule has 19 heavy (non-hydrogen) atoms. The summed E-state index contributed by atoms with van der Waals surface area (Å²) in [6, 6.07) is 4.40. The van der Waals surface area contributed by atoms with E-state index in [4.69, 9.17) is 28.9 Å². The van der Waals surface area contributed by atoms with Crippen LogP contribution in [0.5, 0.6) is 0 Å². The Kier molecular flexibility index (Phi) is 3.62. The zero-order valence-corrected chi connectivity index (χ0v) is 12.1. The van der Waals surface area contributed by atoms with Crippen molar-refractivity contribution in [1.29, 1.82) is 0 Å². The molecule has 1 aromatic carbocycles. The third-order valence-corrected chi connectivity index (χ3v) is 4.42. The minimum absolute atomic E-state index is 0.0740. The van der Waals surface area contributed by atoms with Crippen LogP contribution in [0.3, 0.4) is 0 Å². The Bertz CT molecular complexity index is 727. The summed E-state index contributed by atoms with van der Waals surface area (Å²) in [5.41, 5.74) is 5.83. The molecular weight excluding hydrogens is 311 g/mol. The lowest BCUT2D eigenvalue weighted by molar-refractivity contribution is 0.601. The summed E-state index contributed by atoms with van der Waals surface area (Å²) < 4.78 is 27.9.